The zero-order valence-electron chi connectivity index (χ0n) is 18.6. The number of hydrogen-bond acceptors (Lipinski definition) is 7. The van der Waals surface area contributed by atoms with Crippen molar-refractivity contribution in [2.24, 2.45) is 0 Å². The Hall–Kier alpha value is -3.33. The molecule has 34 heavy (non-hydrogen) atoms. The number of nitrogens with one attached hydrogen (secondary N) is 1. The van der Waals surface area contributed by atoms with E-state index in [1.807, 2.05) is 36.5 Å². The van der Waals surface area contributed by atoms with Crippen molar-refractivity contribution in [3.8, 4) is 16.3 Å². The molecule has 0 unspecified atom stereocenters. The number of pyridine rings is 1. The van der Waals surface area contributed by atoms with Gasteiger partial charge in [-0.15, -0.1) is 11.3 Å². The molecule has 0 atom stereocenters. The molecule has 0 bridgehead atoms. The number of phenolic OH excluding ortho intramolecular Hbond substituents is 1. The number of ether oxygens (including phenoxy) is 2. The van der Waals surface area contributed by atoms with Crippen LogP contribution in [-0.2, 0) is 9.47 Å². The highest BCUT2D eigenvalue weighted by Gasteiger charge is 2.06. The van der Waals surface area contributed by atoms with Gasteiger partial charge < -0.3 is 19.9 Å². The first-order chi connectivity index (χ1) is 16.7. The standard InChI is InChI=1S/C26H26FN3O3S/c27-11-13-32-15-16-33-14-12-28-25-10-5-20(18-29-25)2-1-19-3-6-21(7-4-19)26-30-23-9-8-22(31)17-24(23)34-26/h1-10,17-18,31H,11-16H2,(H,28,29)/b2-1+. The number of nitrogens with zero attached hydrogens (tertiary/aromatic N) is 2. The Labute approximate surface area is 201 Å². The number of anilines is 1. The maximum Gasteiger partial charge on any atom is 0.125 e. The van der Waals surface area contributed by atoms with Gasteiger partial charge in [0.05, 0.1) is 36.6 Å². The van der Waals surface area contributed by atoms with Crippen LogP contribution in [0.4, 0.5) is 10.2 Å². The van der Waals surface area contributed by atoms with Crippen molar-refractivity contribution in [3.63, 3.8) is 0 Å². The number of thiazole rings is 1. The number of alkyl halides is 1. The lowest BCUT2D eigenvalue weighted by molar-refractivity contribution is 0.0463. The zero-order valence-corrected chi connectivity index (χ0v) is 19.4. The second kappa shape index (κ2) is 12.2. The van der Waals surface area contributed by atoms with Crippen LogP contribution in [0.5, 0.6) is 5.75 Å². The van der Waals surface area contributed by atoms with Crippen LogP contribution in [-0.4, -0.2) is 54.7 Å². The summed E-state index contributed by atoms with van der Waals surface area (Å²) in [4.78, 5) is 9.07. The largest absolute Gasteiger partial charge is 0.508 e. The summed E-state index contributed by atoms with van der Waals surface area (Å²) in [6.45, 7) is 1.66. The van der Waals surface area contributed by atoms with Gasteiger partial charge in [0, 0.05) is 18.3 Å². The summed E-state index contributed by atoms with van der Waals surface area (Å²) in [7, 11) is 0. The molecular formula is C26H26FN3O3S. The normalized spacial score (nSPS) is 11.4. The predicted octanol–water partition coefficient (Wildman–Crippen LogP) is 5.65. The van der Waals surface area contributed by atoms with Crippen molar-refractivity contribution < 1.29 is 19.0 Å². The van der Waals surface area contributed by atoms with Crippen molar-refractivity contribution >= 4 is 39.5 Å². The van der Waals surface area contributed by atoms with Crippen molar-refractivity contribution in [2.75, 3.05) is 45.0 Å². The van der Waals surface area contributed by atoms with Gasteiger partial charge in [0.2, 0.25) is 0 Å². The molecule has 8 heteroatoms. The van der Waals surface area contributed by atoms with E-state index >= 15 is 0 Å². The number of fused-ring (bicyclic) bond motifs is 1. The molecule has 176 valence electrons. The van der Waals surface area contributed by atoms with E-state index in [0.29, 0.717) is 26.4 Å². The van der Waals surface area contributed by atoms with Crippen LogP contribution in [0.1, 0.15) is 11.1 Å². The lowest BCUT2D eigenvalue weighted by Gasteiger charge is -2.07. The highest BCUT2D eigenvalue weighted by Crippen LogP contribution is 2.32. The molecule has 2 aromatic carbocycles. The molecule has 0 amide bonds. The van der Waals surface area contributed by atoms with Gasteiger partial charge in [-0.25, -0.2) is 14.4 Å². The molecule has 0 saturated carbocycles. The van der Waals surface area contributed by atoms with E-state index < -0.39 is 6.67 Å². The van der Waals surface area contributed by atoms with E-state index in [1.165, 1.54) is 0 Å². The molecule has 0 radical (unpaired) electrons. The fourth-order valence-corrected chi connectivity index (χ4v) is 4.21. The van der Waals surface area contributed by atoms with Crippen LogP contribution in [0.25, 0.3) is 32.9 Å². The number of halogens is 1. The molecule has 2 N–H and O–H groups in total. The summed E-state index contributed by atoms with van der Waals surface area (Å²) < 4.78 is 23.3. The van der Waals surface area contributed by atoms with Gasteiger partial charge in [-0.3, -0.25) is 0 Å². The Morgan fingerprint density at radius 3 is 2.44 bits per heavy atom. The maximum atomic E-state index is 11.9. The van der Waals surface area contributed by atoms with Crippen molar-refractivity contribution in [3.05, 3.63) is 71.9 Å². The Kier molecular flexibility index (Phi) is 8.56. The highest BCUT2D eigenvalue weighted by atomic mass is 32.1. The van der Waals surface area contributed by atoms with Crippen LogP contribution < -0.4 is 5.32 Å². The molecule has 2 aromatic heterocycles. The number of aromatic hydroxyl groups is 1. The quantitative estimate of drug-likeness (QED) is 0.256. The van der Waals surface area contributed by atoms with Gasteiger partial charge in [-0.05, 0) is 41.5 Å². The second-order valence-electron chi connectivity index (χ2n) is 7.44. The molecule has 0 aliphatic rings. The molecule has 0 aliphatic carbocycles. The zero-order chi connectivity index (χ0) is 23.6. The third kappa shape index (κ3) is 6.84. The van der Waals surface area contributed by atoms with Crippen molar-refractivity contribution in [1.82, 2.24) is 9.97 Å². The minimum atomic E-state index is -0.469. The highest BCUT2D eigenvalue weighted by molar-refractivity contribution is 7.21. The lowest BCUT2D eigenvalue weighted by atomic mass is 10.1. The third-order valence-electron chi connectivity index (χ3n) is 4.93. The maximum absolute atomic E-state index is 11.9. The molecule has 4 aromatic rings. The van der Waals surface area contributed by atoms with Crippen LogP contribution >= 0.6 is 11.3 Å². The molecule has 6 nitrogen and oxygen atoms in total. The topological polar surface area (TPSA) is 76.5 Å². The summed E-state index contributed by atoms with van der Waals surface area (Å²) in [6.07, 6.45) is 5.88. The molecule has 2 heterocycles. The average Bonchev–Trinajstić information content (AvgIpc) is 3.28. The average molecular weight is 480 g/mol. The van der Waals surface area contributed by atoms with Gasteiger partial charge in [-0.2, -0.15) is 0 Å². The number of aromatic nitrogens is 2. The fourth-order valence-electron chi connectivity index (χ4n) is 3.20. The third-order valence-corrected chi connectivity index (χ3v) is 6.00. The second-order valence-corrected chi connectivity index (χ2v) is 8.47. The molecule has 4 rings (SSSR count). The van der Waals surface area contributed by atoms with Crippen molar-refractivity contribution in [1.29, 1.82) is 0 Å². The van der Waals surface area contributed by atoms with E-state index in [9.17, 15) is 9.50 Å². The Balaban J connectivity index is 1.25. The van der Waals surface area contributed by atoms with Gasteiger partial charge in [0.25, 0.3) is 0 Å². The van der Waals surface area contributed by atoms with E-state index in [0.717, 1.165) is 37.7 Å². The SMILES string of the molecule is Oc1ccc2nc(-c3ccc(/C=C/c4ccc(NCCOCCOCCF)nc4)cc3)sc2c1. The van der Waals surface area contributed by atoms with E-state index in [-0.39, 0.29) is 12.4 Å². The van der Waals surface area contributed by atoms with Crippen LogP contribution in [0.3, 0.4) is 0 Å². The first-order valence-corrected chi connectivity index (χ1v) is 11.8. The van der Waals surface area contributed by atoms with E-state index in [1.54, 1.807) is 23.5 Å². The first kappa shape index (κ1) is 23.8. The van der Waals surface area contributed by atoms with Crippen LogP contribution in [0.2, 0.25) is 0 Å². The number of rotatable bonds is 12. The summed E-state index contributed by atoms with van der Waals surface area (Å²) in [6, 6.07) is 17.4. The Morgan fingerprint density at radius 2 is 1.68 bits per heavy atom. The Bertz CT molecular complexity index is 1210. The number of hydrogen-bond donors (Lipinski definition) is 2. The Morgan fingerprint density at radius 1 is 0.912 bits per heavy atom. The van der Waals surface area contributed by atoms with E-state index in [4.69, 9.17) is 9.47 Å². The molecule has 0 spiro atoms. The minimum absolute atomic E-state index is 0.120. The first-order valence-electron chi connectivity index (χ1n) is 11.0. The molecule has 0 saturated heterocycles. The number of phenols is 1. The summed E-state index contributed by atoms with van der Waals surface area (Å²) in [5.41, 5.74) is 4.02. The predicted molar refractivity (Wildman–Crippen MR) is 136 cm³/mol. The smallest absolute Gasteiger partial charge is 0.125 e. The summed E-state index contributed by atoms with van der Waals surface area (Å²) in [5, 5.41) is 13.8. The van der Waals surface area contributed by atoms with Crippen LogP contribution in [0, 0.1) is 0 Å². The molecule has 0 aliphatic heterocycles. The fraction of sp³-hybridized carbons (Fsp3) is 0.231. The molecule has 0 fully saturated rings. The van der Waals surface area contributed by atoms with E-state index in [2.05, 4.69) is 39.6 Å². The number of benzene rings is 2. The van der Waals surface area contributed by atoms with Gasteiger partial charge in [0.1, 0.15) is 23.2 Å². The van der Waals surface area contributed by atoms with Gasteiger partial charge in [-0.1, -0.05) is 36.4 Å². The summed E-state index contributed by atoms with van der Waals surface area (Å²) in [5.74, 6) is 1.03. The minimum Gasteiger partial charge on any atom is -0.508 e. The van der Waals surface area contributed by atoms with Crippen molar-refractivity contribution in [2.45, 2.75) is 0 Å². The van der Waals surface area contributed by atoms with Gasteiger partial charge in [0.15, 0.2) is 0 Å². The summed E-state index contributed by atoms with van der Waals surface area (Å²) >= 11 is 1.56. The monoisotopic (exact) mass is 479 g/mol. The lowest BCUT2D eigenvalue weighted by Crippen LogP contribution is -2.13. The van der Waals surface area contributed by atoms with Crippen LogP contribution in [0.15, 0.2) is 60.8 Å². The molecular weight excluding hydrogens is 453 g/mol. The van der Waals surface area contributed by atoms with Gasteiger partial charge >= 0.3 is 0 Å².